The molecule has 0 atom stereocenters. The minimum absolute atomic E-state index is 0.00483. The highest BCUT2D eigenvalue weighted by atomic mass is 19.4. The van der Waals surface area contributed by atoms with Crippen molar-refractivity contribution < 1.29 is 27.5 Å². The molecule has 0 spiro atoms. The SMILES string of the molecule is NC(=O)c1cc(Oc2ccc(NC(=O)Nc3cccc(C(F)(F)F)c3)cc2)ccn1. The van der Waals surface area contributed by atoms with Crippen LogP contribution in [0.25, 0.3) is 0 Å². The zero-order valence-corrected chi connectivity index (χ0v) is 15.2. The Labute approximate surface area is 168 Å². The van der Waals surface area contributed by atoms with Gasteiger partial charge in [0.2, 0.25) is 0 Å². The number of ether oxygens (including phenoxy) is 1. The number of alkyl halides is 3. The van der Waals surface area contributed by atoms with Crippen LogP contribution in [0.2, 0.25) is 0 Å². The lowest BCUT2D eigenvalue weighted by Crippen LogP contribution is -2.19. The Morgan fingerprint density at radius 3 is 2.27 bits per heavy atom. The van der Waals surface area contributed by atoms with E-state index in [9.17, 15) is 22.8 Å². The number of hydrogen-bond acceptors (Lipinski definition) is 4. The molecule has 0 aliphatic carbocycles. The quantitative estimate of drug-likeness (QED) is 0.563. The highest BCUT2D eigenvalue weighted by molar-refractivity contribution is 5.99. The number of pyridine rings is 1. The second-order valence-corrected chi connectivity index (χ2v) is 6.03. The molecular weight excluding hydrogens is 401 g/mol. The van der Waals surface area contributed by atoms with E-state index in [1.807, 2.05) is 0 Å². The zero-order valence-electron chi connectivity index (χ0n) is 15.2. The number of carbonyl (C=O) groups excluding carboxylic acids is 2. The van der Waals surface area contributed by atoms with Crippen molar-refractivity contribution in [2.75, 3.05) is 10.6 Å². The number of nitrogens with two attached hydrogens (primary N) is 1. The molecule has 154 valence electrons. The van der Waals surface area contributed by atoms with Crippen LogP contribution < -0.4 is 21.1 Å². The fraction of sp³-hybridized carbons (Fsp3) is 0.0500. The predicted octanol–water partition coefficient (Wildman–Crippen LogP) is 4.64. The first kappa shape index (κ1) is 20.6. The monoisotopic (exact) mass is 416 g/mol. The summed E-state index contributed by atoms with van der Waals surface area (Å²) in [4.78, 5) is 27.0. The molecular formula is C20H15F3N4O3. The number of benzene rings is 2. The third-order valence-corrected chi connectivity index (χ3v) is 3.78. The number of urea groups is 1. The Kier molecular flexibility index (Phi) is 5.86. The number of nitrogens with zero attached hydrogens (tertiary/aromatic N) is 1. The fourth-order valence-corrected chi connectivity index (χ4v) is 2.42. The van der Waals surface area contributed by atoms with Gasteiger partial charge in [-0.15, -0.1) is 0 Å². The molecule has 0 saturated heterocycles. The summed E-state index contributed by atoms with van der Waals surface area (Å²) in [5.41, 5.74) is 4.75. The number of halogens is 3. The zero-order chi connectivity index (χ0) is 21.7. The van der Waals surface area contributed by atoms with E-state index in [0.717, 1.165) is 12.1 Å². The van der Waals surface area contributed by atoms with E-state index in [2.05, 4.69) is 15.6 Å². The van der Waals surface area contributed by atoms with E-state index >= 15 is 0 Å². The number of primary amides is 1. The van der Waals surface area contributed by atoms with Gasteiger partial charge in [-0.2, -0.15) is 13.2 Å². The first-order chi connectivity index (χ1) is 14.2. The van der Waals surface area contributed by atoms with Crippen LogP contribution in [0.15, 0.2) is 66.9 Å². The molecule has 0 unspecified atom stereocenters. The van der Waals surface area contributed by atoms with Crippen LogP contribution in [-0.2, 0) is 6.18 Å². The van der Waals surface area contributed by atoms with Crippen molar-refractivity contribution in [1.82, 2.24) is 4.98 Å². The Morgan fingerprint density at radius 2 is 1.60 bits per heavy atom. The standard InChI is InChI=1S/C20H15F3N4O3/c21-20(22,23)12-2-1-3-14(10-12)27-19(29)26-13-4-6-15(7-5-13)30-16-8-9-25-17(11-16)18(24)28/h1-11H,(H2,24,28)(H2,26,27,29). The smallest absolute Gasteiger partial charge is 0.416 e. The maximum absolute atomic E-state index is 12.7. The highest BCUT2D eigenvalue weighted by Gasteiger charge is 2.30. The maximum atomic E-state index is 12.7. The van der Waals surface area contributed by atoms with Gasteiger partial charge < -0.3 is 21.1 Å². The Morgan fingerprint density at radius 1 is 0.900 bits per heavy atom. The van der Waals surface area contributed by atoms with E-state index in [1.54, 1.807) is 18.2 Å². The number of nitrogens with one attached hydrogen (secondary N) is 2. The second-order valence-electron chi connectivity index (χ2n) is 6.03. The van der Waals surface area contributed by atoms with Gasteiger partial charge in [0.25, 0.3) is 5.91 Å². The molecule has 30 heavy (non-hydrogen) atoms. The molecule has 3 amide bonds. The van der Waals surface area contributed by atoms with E-state index in [4.69, 9.17) is 10.5 Å². The van der Waals surface area contributed by atoms with Gasteiger partial charge in [-0.1, -0.05) is 6.07 Å². The molecule has 0 radical (unpaired) electrons. The van der Waals surface area contributed by atoms with E-state index in [0.29, 0.717) is 17.2 Å². The van der Waals surface area contributed by atoms with Gasteiger partial charge in [0, 0.05) is 23.6 Å². The van der Waals surface area contributed by atoms with Crippen molar-refractivity contribution in [2.45, 2.75) is 6.18 Å². The summed E-state index contributed by atoms with van der Waals surface area (Å²) in [6.07, 6.45) is -3.12. The number of carbonyl (C=O) groups is 2. The summed E-state index contributed by atoms with van der Waals surface area (Å²) in [6.45, 7) is 0. The Bertz CT molecular complexity index is 1070. The molecule has 4 N–H and O–H groups in total. The Balaban J connectivity index is 1.61. The molecule has 1 aromatic heterocycles. The molecule has 0 aliphatic rings. The van der Waals surface area contributed by atoms with Gasteiger partial charge in [0.05, 0.1) is 5.56 Å². The summed E-state index contributed by atoms with van der Waals surface area (Å²) in [6, 6.07) is 12.7. The van der Waals surface area contributed by atoms with Gasteiger partial charge >= 0.3 is 12.2 Å². The van der Waals surface area contributed by atoms with Gasteiger partial charge in [0.1, 0.15) is 17.2 Å². The third kappa shape index (κ3) is 5.47. The first-order valence-corrected chi connectivity index (χ1v) is 8.50. The van der Waals surface area contributed by atoms with Crippen molar-refractivity contribution in [3.05, 3.63) is 78.1 Å². The number of anilines is 2. The van der Waals surface area contributed by atoms with Crippen LogP contribution in [0.4, 0.5) is 29.3 Å². The molecule has 3 rings (SSSR count). The topological polar surface area (TPSA) is 106 Å². The average molecular weight is 416 g/mol. The summed E-state index contributed by atoms with van der Waals surface area (Å²) < 4.78 is 43.8. The first-order valence-electron chi connectivity index (χ1n) is 8.50. The van der Waals surface area contributed by atoms with Gasteiger partial charge in [0.15, 0.2) is 0 Å². The second kappa shape index (κ2) is 8.52. The summed E-state index contributed by atoms with van der Waals surface area (Å²) in [7, 11) is 0. The third-order valence-electron chi connectivity index (χ3n) is 3.78. The molecule has 1 heterocycles. The molecule has 0 aliphatic heterocycles. The number of hydrogen-bond donors (Lipinski definition) is 3. The van der Waals surface area contributed by atoms with Crippen molar-refractivity contribution in [3.63, 3.8) is 0 Å². The molecule has 10 heteroatoms. The number of aromatic nitrogens is 1. The van der Waals surface area contributed by atoms with E-state index < -0.39 is 23.7 Å². The molecule has 0 bridgehead atoms. The highest BCUT2D eigenvalue weighted by Crippen LogP contribution is 2.30. The average Bonchev–Trinajstić information content (AvgIpc) is 2.69. The number of rotatable bonds is 5. The van der Waals surface area contributed by atoms with Crippen molar-refractivity contribution >= 4 is 23.3 Å². The normalized spacial score (nSPS) is 10.9. The summed E-state index contributed by atoms with van der Waals surface area (Å²) >= 11 is 0. The molecule has 0 fully saturated rings. The van der Waals surface area contributed by atoms with Crippen LogP contribution in [0.1, 0.15) is 16.1 Å². The minimum Gasteiger partial charge on any atom is -0.457 e. The van der Waals surface area contributed by atoms with Gasteiger partial charge in [-0.05, 0) is 48.5 Å². The summed E-state index contributed by atoms with van der Waals surface area (Å²) in [5.74, 6) is 0.0778. The summed E-state index contributed by atoms with van der Waals surface area (Å²) in [5, 5.41) is 4.85. The predicted molar refractivity (Wildman–Crippen MR) is 103 cm³/mol. The maximum Gasteiger partial charge on any atom is 0.416 e. The fourth-order valence-electron chi connectivity index (χ4n) is 2.42. The lowest BCUT2D eigenvalue weighted by Gasteiger charge is -2.11. The minimum atomic E-state index is -4.50. The molecule has 3 aromatic rings. The molecule has 7 nitrogen and oxygen atoms in total. The lowest BCUT2D eigenvalue weighted by atomic mass is 10.2. The van der Waals surface area contributed by atoms with Gasteiger partial charge in [-0.3, -0.25) is 9.78 Å². The molecule has 2 aromatic carbocycles. The van der Waals surface area contributed by atoms with E-state index in [1.165, 1.54) is 36.5 Å². The van der Waals surface area contributed by atoms with Gasteiger partial charge in [-0.25, -0.2) is 4.79 Å². The Hall–Kier alpha value is -4.08. The largest absolute Gasteiger partial charge is 0.457 e. The lowest BCUT2D eigenvalue weighted by molar-refractivity contribution is -0.137. The van der Waals surface area contributed by atoms with Crippen LogP contribution >= 0.6 is 0 Å². The van der Waals surface area contributed by atoms with Crippen LogP contribution in [0.3, 0.4) is 0 Å². The van der Waals surface area contributed by atoms with Crippen molar-refractivity contribution in [3.8, 4) is 11.5 Å². The van der Waals surface area contributed by atoms with Crippen LogP contribution in [-0.4, -0.2) is 16.9 Å². The van der Waals surface area contributed by atoms with Crippen molar-refractivity contribution in [2.24, 2.45) is 5.73 Å². The van der Waals surface area contributed by atoms with Crippen LogP contribution in [0, 0.1) is 0 Å². The number of amides is 3. The van der Waals surface area contributed by atoms with Crippen molar-refractivity contribution in [1.29, 1.82) is 0 Å². The van der Waals surface area contributed by atoms with E-state index in [-0.39, 0.29) is 11.4 Å². The molecule has 0 saturated carbocycles. The van der Waals surface area contributed by atoms with Crippen LogP contribution in [0.5, 0.6) is 11.5 Å².